The van der Waals surface area contributed by atoms with Crippen molar-refractivity contribution < 1.29 is 0 Å². The first-order chi connectivity index (χ1) is 7.81. The van der Waals surface area contributed by atoms with Crippen molar-refractivity contribution in [2.24, 2.45) is 7.05 Å². The Hall–Kier alpha value is -1.68. The Kier molecular flexibility index (Phi) is 3.31. The van der Waals surface area contributed by atoms with Crippen LogP contribution in [0.25, 0.3) is 11.3 Å². The van der Waals surface area contributed by atoms with Crippen LogP contribution in [-0.4, -0.2) is 21.5 Å². The normalized spacial score (nSPS) is 10.6. The number of nitrogens with zero attached hydrogens (tertiary/aromatic N) is 3. The van der Waals surface area contributed by atoms with Gasteiger partial charge in [0.2, 0.25) is 0 Å². The summed E-state index contributed by atoms with van der Waals surface area (Å²) >= 11 is 0. The molecule has 4 heteroatoms. The lowest BCUT2D eigenvalue weighted by Crippen LogP contribution is -2.11. The molecule has 16 heavy (non-hydrogen) atoms. The summed E-state index contributed by atoms with van der Waals surface area (Å²) in [6.07, 6.45) is 1.78. The Bertz CT molecular complexity index is 462. The predicted molar refractivity (Wildman–Crippen MR) is 63.8 cm³/mol. The number of aromatic nitrogens is 3. The maximum Gasteiger partial charge on any atom is 0.0882 e. The quantitative estimate of drug-likeness (QED) is 0.844. The van der Waals surface area contributed by atoms with E-state index in [1.807, 2.05) is 7.05 Å². The van der Waals surface area contributed by atoms with Gasteiger partial charge in [0, 0.05) is 19.2 Å². The molecule has 1 aromatic heterocycles. The average molecular weight is 216 g/mol. The molecule has 1 aromatic carbocycles. The monoisotopic (exact) mass is 216 g/mol. The third-order valence-electron chi connectivity index (χ3n) is 2.52. The van der Waals surface area contributed by atoms with E-state index in [2.05, 4.69) is 46.8 Å². The van der Waals surface area contributed by atoms with Crippen molar-refractivity contribution in [3.8, 4) is 11.3 Å². The molecule has 0 spiro atoms. The minimum atomic E-state index is 0.898. The van der Waals surface area contributed by atoms with Crippen molar-refractivity contribution in [1.82, 2.24) is 20.3 Å². The Morgan fingerprint density at radius 3 is 2.94 bits per heavy atom. The first-order valence-corrected chi connectivity index (χ1v) is 5.46. The lowest BCUT2D eigenvalue weighted by Gasteiger charge is -2.05. The predicted octanol–water partition coefficient (Wildman–Crippen LogP) is 1.59. The fourth-order valence-corrected chi connectivity index (χ4v) is 1.66. The van der Waals surface area contributed by atoms with Crippen LogP contribution in [0.5, 0.6) is 0 Å². The molecular formula is C12H16N4. The summed E-state index contributed by atoms with van der Waals surface area (Å²) < 4.78 is 1.78. The van der Waals surface area contributed by atoms with E-state index in [0.29, 0.717) is 0 Å². The topological polar surface area (TPSA) is 42.7 Å². The maximum atomic E-state index is 3.94. The van der Waals surface area contributed by atoms with Crippen LogP contribution in [0, 0.1) is 0 Å². The molecule has 0 aliphatic heterocycles. The molecule has 0 atom stereocenters. The van der Waals surface area contributed by atoms with Gasteiger partial charge in [0.25, 0.3) is 0 Å². The molecule has 0 fully saturated rings. The van der Waals surface area contributed by atoms with Crippen LogP contribution in [0.4, 0.5) is 0 Å². The molecule has 1 N–H and O–H groups in total. The van der Waals surface area contributed by atoms with Crippen molar-refractivity contribution in [3.63, 3.8) is 0 Å². The highest BCUT2D eigenvalue weighted by Crippen LogP contribution is 2.18. The molecule has 0 amide bonds. The summed E-state index contributed by atoms with van der Waals surface area (Å²) in [7, 11) is 1.90. The highest BCUT2D eigenvalue weighted by Gasteiger charge is 2.03. The van der Waals surface area contributed by atoms with Crippen LogP contribution in [0.3, 0.4) is 0 Å². The second kappa shape index (κ2) is 4.90. The second-order valence-corrected chi connectivity index (χ2v) is 3.72. The van der Waals surface area contributed by atoms with Crippen molar-refractivity contribution in [2.75, 3.05) is 6.54 Å². The third kappa shape index (κ3) is 2.28. The Morgan fingerprint density at radius 1 is 1.38 bits per heavy atom. The maximum absolute atomic E-state index is 3.94. The molecule has 0 unspecified atom stereocenters. The van der Waals surface area contributed by atoms with Crippen molar-refractivity contribution in [1.29, 1.82) is 0 Å². The first-order valence-electron chi connectivity index (χ1n) is 5.46. The van der Waals surface area contributed by atoms with E-state index in [-0.39, 0.29) is 0 Å². The molecule has 84 valence electrons. The Labute approximate surface area is 95.3 Å². The molecular weight excluding hydrogens is 200 g/mol. The molecule has 0 saturated carbocycles. The molecule has 0 aliphatic carbocycles. The largest absolute Gasteiger partial charge is 0.313 e. The zero-order chi connectivity index (χ0) is 11.4. The van der Waals surface area contributed by atoms with Crippen molar-refractivity contribution in [2.45, 2.75) is 13.5 Å². The van der Waals surface area contributed by atoms with E-state index in [9.17, 15) is 0 Å². The SMILES string of the molecule is CCNCc1cccc(-c2cnnn2C)c1. The van der Waals surface area contributed by atoms with Gasteiger partial charge in [-0.2, -0.15) is 0 Å². The molecule has 0 aliphatic rings. The number of benzene rings is 1. The van der Waals surface area contributed by atoms with Gasteiger partial charge in [-0.1, -0.05) is 30.3 Å². The highest BCUT2D eigenvalue weighted by atomic mass is 15.4. The standard InChI is InChI=1S/C12H16N4/c1-3-13-8-10-5-4-6-11(7-10)12-9-14-15-16(12)2/h4-7,9,13H,3,8H2,1-2H3. The summed E-state index contributed by atoms with van der Waals surface area (Å²) in [6, 6.07) is 8.43. The van der Waals surface area contributed by atoms with Gasteiger partial charge >= 0.3 is 0 Å². The van der Waals surface area contributed by atoms with E-state index >= 15 is 0 Å². The summed E-state index contributed by atoms with van der Waals surface area (Å²) in [6.45, 7) is 3.99. The lowest BCUT2D eigenvalue weighted by molar-refractivity contribution is 0.718. The average Bonchev–Trinajstić information content (AvgIpc) is 2.73. The summed E-state index contributed by atoms with van der Waals surface area (Å²) in [4.78, 5) is 0. The molecule has 0 saturated heterocycles. The lowest BCUT2D eigenvalue weighted by atomic mass is 10.1. The van der Waals surface area contributed by atoms with E-state index in [1.165, 1.54) is 5.56 Å². The van der Waals surface area contributed by atoms with Crippen LogP contribution in [0.2, 0.25) is 0 Å². The van der Waals surface area contributed by atoms with Crippen LogP contribution >= 0.6 is 0 Å². The molecule has 0 bridgehead atoms. The Balaban J connectivity index is 2.26. The smallest absolute Gasteiger partial charge is 0.0882 e. The van der Waals surface area contributed by atoms with Gasteiger partial charge < -0.3 is 5.32 Å². The number of hydrogen-bond acceptors (Lipinski definition) is 3. The third-order valence-corrected chi connectivity index (χ3v) is 2.52. The summed E-state index contributed by atoms with van der Waals surface area (Å²) in [5.41, 5.74) is 3.47. The number of hydrogen-bond donors (Lipinski definition) is 1. The summed E-state index contributed by atoms with van der Waals surface area (Å²) in [5.74, 6) is 0. The first kappa shape index (κ1) is 10.8. The number of aryl methyl sites for hydroxylation is 1. The zero-order valence-electron chi connectivity index (χ0n) is 9.64. The van der Waals surface area contributed by atoms with Crippen molar-refractivity contribution >= 4 is 0 Å². The van der Waals surface area contributed by atoms with Gasteiger partial charge in [0.05, 0.1) is 11.9 Å². The van der Waals surface area contributed by atoms with Crippen LogP contribution in [0.15, 0.2) is 30.5 Å². The van der Waals surface area contributed by atoms with Crippen LogP contribution in [0.1, 0.15) is 12.5 Å². The van der Waals surface area contributed by atoms with Gasteiger partial charge in [0.15, 0.2) is 0 Å². The molecule has 2 aromatic rings. The van der Waals surface area contributed by atoms with Gasteiger partial charge in [-0.3, -0.25) is 0 Å². The fraction of sp³-hybridized carbons (Fsp3) is 0.333. The molecule has 2 rings (SSSR count). The van der Waals surface area contributed by atoms with E-state index in [0.717, 1.165) is 24.3 Å². The van der Waals surface area contributed by atoms with Crippen LogP contribution < -0.4 is 5.32 Å². The van der Waals surface area contributed by atoms with Gasteiger partial charge in [-0.15, -0.1) is 5.10 Å². The Morgan fingerprint density at radius 2 is 2.25 bits per heavy atom. The number of nitrogens with one attached hydrogen (secondary N) is 1. The zero-order valence-corrected chi connectivity index (χ0v) is 9.64. The summed E-state index contributed by atoms with van der Waals surface area (Å²) in [5, 5.41) is 11.1. The minimum absolute atomic E-state index is 0.898. The molecule has 0 radical (unpaired) electrons. The van der Waals surface area contributed by atoms with Gasteiger partial charge in [-0.05, 0) is 18.2 Å². The molecule has 4 nitrogen and oxygen atoms in total. The van der Waals surface area contributed by atoms with Gasteiger partial charge in [-0.25, -0.2) is 4.68 Å². The van der Waals surface area contributed by atoms with E-state index in [1.54, 1.807) is 10.9 Å². The van der Waals surface area contributed by atoms with E-state index in [4.69, 9.17) is 0 Å². The van der Waals surface area contributed by atoms with E-state index < -0.39 is 0 Å². The van der Waals surface area contributed by atoms with Gasteiger partial charge in [0.1, 0.15) is 0 Å². The fourth-order valence-electron chi connectivity index (χ4n) is 1.66. The van der Waals surface area contributed by atoms with Crippen molar-refractivity contribution in [3.05, 3.63) is 36.0 Å². The highest BCUT2D eigenvalue weighted by molar-refractivity contribution is 5.59. The minimum Gasteiger partial charge on any atom is -0.313 e. The second-order valence-electron chi connectivity index (χ2n) is 3.72. The number of rotatable bonds is 4. The van der Waals surface area contributed by atoms with Crippen LogP contribution in [-0.2, 0) is 13.6 Å². The molecule has 1 heterocycles.